The summed E-state index contributed by atoms with van der Waals surface area (Å²) in [5.74, 6) is 0. The highest BCUT2D eigenvalue weighted by molar-refractivity contribution is 14.1. The van der Waals surface area contributed by atoms with Gasteiger partial charge in [0.25, 0.3) is 0 Å². The molecule has 0 saturated carbocycles. The lowest BCUT2D eigenvalue weighted by Crippen LogP contribution is -2.43. The highest BCUT2D eigenvalue weighted by Gasteiger charge is 2.38. The molecule has 0 aliphatic carbocycles. The summed E-state index contributed by atoms with van der Waals surface area (Å²) in [4.78, 5) is 12.2. The molecule has 1 unspecified atom stereocenters. The first-order valence-electron chi connectivity index (χ1n) is 11.4. The molecule has 0 radical (unpaired) electrons. The average molecular weight is 607 g/mol. The van der Waals surface area contributed by atoms with Crippen molar-refractivity contribution in [2.45, 2.75) is 128 Å². The Morgan fingerprint density at radius 1 is 0.806 bits per heavy atom. The van der Waals surface area contributed by atoms with Crippen molar-refractivity contribution in [2.24, 2.45) is 0 Å². The molecule has 0 aromatic carbocycles. The van der Waals surface area contributed by atoms with E-state index in [9.17, 15) is 4.79 Å². The fourth-order valence-electron chi connectivity index (χ4n) is 3.37. The van der Waals surface area contributed by atoms with Gasteiger partial charge in [-0.15, -0.1) is 0 Å². The Balaban J connectivity index is 5.42. The van der Waals surface area contributed by atoms with Gasteiger partial charge in [0, 0.05) is 33.7 Å². The predicted octanol–water partition coefficient (Wildman–Crippen LogP) is 7.84. The van der Waals surface area contributed by atoms with E-state index in [2.05, 4.69) is 126 Å². The van der Waals surface area contributed by atoms with Gasteiger partial charge in [-0.2, -0.15) is 0 Å². The molecule has 1 atom stereocenters. The minimum atomic E-state index is -0.558. The Kier molecular flexibility index (Phi) is 14.7. The van der Waals surface area contributed by atoms with Gasteiger partial charge >= 0.3 is 0 Å². The maximum Gasteiger partial charge on any atom is 0.202 e. The molecule has 0 heterocycles. The molecule has 0 rings (SSSR count). The lowest BCUT2D eigenvalue weighted by Gasteiger charge is -2.48. The van der Waals surface area contributed by atoms with Crippen LogP contribution in [0.2, 0.25) is 0 Å². The van der Waals surface area contributed by atoms with Crippen LogP contribution < -0.4 is 0 Å². The van der Waals surface area contributed by atoms with E-state index in [0.717, 1.165) is 0 Å². The van der Waals surface area contributed by atoms with Crippen LogP contribution in [0, 0.1) is 0 Å². The van der Waals surface area contributed by atoms with Crippen LogP contribution in [-0.2, 0) is 9.53 Å². The standard InChI is InChI=1S/C23H48IN2O2PS2/c1-16(2)25(17(3)4)29(26(18(5)6)19(7)8)31-23(12,13)15-28-14-22(10,11)30-21(27)20(9)24/h16-20H,14-15H2,1-13H3. The number of ether oxygens (including phenoxy) is 1. The van der Waals surface area contributed by atoms with Crippen LogP contribution in [0.25, 0.3) is 0 Å². The second-order valence-corrected chi connectivity index (χ2v) is 18.4. The van der Waals surface area contributed by atoms with Crippen molar-refractivity contribution >= 4 is 58.3 Å². The first kappa shape index (κ1) is 32.4. The summed E-state index contributed by atoms with van der Waals surface area (Å²) in [6.07, 6.45) is 0. The molecule has 0 aliphatic heterocycles. The molecule has 0 saturated heterocycles. The molecule has 0 aromatic rings. The molecular weight excluding hydrogens is 558 g/mol. The van der Waals surface area contributed by atoms with E-state index < -0.39 is 7.42 Å². The van der Waals surface area contributed by atoms with Crippen LogP contribution in [0.3, 0.4) is 0 Å². The van der Waals surface area contributed by atoms with E-state index in [1.54, 1.807) is 0 Å². The van der Waals surface area contributed by atoms with Crippen molar-refractivity contribution in [2.75, 3.05) is 13.2 Å². The summed E-state index contributed by atoms with van der Waals surface area (Å²) in [7, 11) is -0.558. The largest absolute Gasteiger partial charge is 0.379 e. The molecule has 8 heteroatoms. The topological polar surface area (TPSA) is 32.8 Å². The Bertz CT molecular complexity index is 508. The molecular formula is C23H48IN2O2PS2. The first-order chi connectivity index (χ1) is 13.9. The van der Waals surface area contributed by atoms with E-state index in [1.165, 1.54) is 11.8 Å². The van der Waals surface area contributed by atoms with Gasteiger partial charge in [0.05, 0.1) is 17.1 Å². The van der Waals surface area contributed by atoms with Crippen molar-refractivity contribution in [3.05, 3.63) is 0 Å². The van der Waals surface area contributed by atoms with Gasteiger partial charge in [0.2, 0.25) is 5.12 Å². The summed E-state index contributed by atoms with van der Waals surface area (Å²) in [5.41, 5.74) is 0. The summed E-state index contributed by atoms with van der Waals surface area (Å²) in [5, 5.41) is 0.223. The molecule has 0 aliphatic rings. The minimum absolute atomic E-state index is 0.0218. The molecule has 0 fully saturated rings. The number of hydrogen-bond acceptors (Lipinski definition) is 6. The normalized spacial score (nSPS) is 14.9. The van der Waals surface area contributed by atoms with Crippen LogP contribution in [0.1, 0.15) is 90.0 Å². The van der Waals surface area contributed by atoms with Crippen molar-refractivity contribution in [1.29, 1.82) is 0 Å². The van der Waals surface area contributed by atoms with Crippen LogP contribution in [0.15, 0.2) is 0 Å². The Morgan fingerprint density at radius 2 is 1.16 bits per heavy atom. The summed E-state index contributed by atoms with van der Waals surface area (Å²) in [6.45, 7) is 30.4. The highest BCUT2D eigenvalue weighted by Crippen LogP contribution is 2.63. The van der Waals surface area contributed by atoms with Gasteiger partial charge < -0.3 is 4.74 Å². The quantitative estimate of drug-likeness (QED) is 0.114. The maximum absolute atomic E-state index is 12.2. The number of carbonyl (C=O) groups is 1. The third kappa shape index (κ3) is 12.1. The molecule has 186 valence electrons. The summed E-state index contributed by atoms with van der Waals surface area (Å²) in [6, 6.07) is 1.91. The zero-order chi connectivity index (χ0) is 24.7. The van der Waals surface area contributed by atoms with Crippen LogP contribution >= 0.6 is 53.2 Å². The van der Waals surface area contributed by atoms with Crippen molar-refractivity contribution < 1.29 is 9.53 Å². The number of hydrogen-bond donors (Lipinski definition) is 0. The van der Waals surface area contributed by atoms with Gasteiger partial charge in [0.15, 0.2) is 0 Å². The monoisotopic (exact) mass is 606 g/mol. The van der Waals surface area contributed by atoms with Crippen LogP contribution in [-0.4, -0.2) is 65.3 Å². The zero-order valence-corrected chi connectivity index (χ0v) is 26.8. The third-order valence-corrected chi connectivity index (χ3v) is 13.2. The number of nitrogens with zero attached hydrogens (tertiary/aromatic N) is 2. The smallest absolute Gasteiger partial charge is 0.202 e. The zero-order valence-electron chi connectivity index (χ0n) is 22.2. The molecule has 4 nitrogen and oxygen atoms in total. The number of alkyl halides is 1. The van der Waals surface area contributed by atoms with E-state index in [1.807, 2.05) is 6.92 Å². The molecule has 0 amide bonds. The van der Waals surface area contributed by atoms with Crippen LogP contribution in [0.5, 0.6) is 0 Å². The fraction of sp³-hybridized carbons (Fsp3) is 0.957. The Hall–Kier alpha value is 1.41. The predicted molar refractivity (Wildman–Crippen MR) is 154 cm³/mol. The number of carbonyl (C=O) groups excluding carboxylic acids is 1. The number of thioether (sulfide) groups is 1. The first-order valence-corrected chi connectivity index (χ1v) is 16.2. The van der Waals surface area contributed by atoms with E-state index in [4.69, 9.17) is 4.74 Å². The lowest BCUT2D eigenvalue weighted by molar-refractivity contribution is -0.110. The van der Waals surface area contributed by atoms with E-state index in [-0.39, 0.29) is 18.5 Å². The third-order valence-electron chi connectivity index (χ3n) is 4.44. The molecule has 0 spiro atoms. The second-order valence-electron chi connectivity index (χ2n) is 10.5. The second kappa shape index (κ2) is 14.1. The summed E-state index contributed by atoms with van der Waals surface area (Å²) < 4.78 is 11.4. The fourth-order valence-corrected chi connectivity index (χ4v) is 11.5. The van der Waals surface area contributed by atoms with Crippen molar-refractivity contribution in [3.8, 4) is 0 Å². The van der Waals surface area contributed by atoms with Crippen LogP contribution in [0.4, 0.5) is 0 Å². The van der Waals surface area contributed by atoms with Gasteiger partial charge in [0.1, 0.15) is 7.42 Å². The van der Waals surface area contributed by atoms with Gasteiger partial charge in [-0.3, -0.25) is 14.1 Å². The minimum Gasteiger partial charge on any atom is -0.379 e. The van der Waals surface area contributed by atoms with Gasteiger partial charge in [-0.25, -0.2) is 0 Å². The molecule has 31 heavy (non-hydrogen) atoms. The van der Waals surface area contributed by atoms with Gasteiger partial charge in [-0.1, -0.05) is 45.7 Å². The average Bonchev–Trinajstić information content (AvgIpc) is 2.51. The summed E-state index contributed by atoms with van der Waals surface area (Å²) >= 11 is 5.66. The van der Waals surface area contributed by atoms with Gasteiger partial charge in [-0.05, 0) is 90.0 Å². The van der Waals surface area contributed by atoms with E-state index in [0.29, 0.717) is 37.4 Å². The maximum atomic E-state index is 12.2. The molecule has 0 bridgehead atoms. The highest BCUT2D eigenvalue weighted by atomic mass is 127. The van der Waals surface area contributed by atoms with E-state index >= 15 is 0 Å². The molecule has 0 N–H and O–H groups in total. The van der Waals surface area contributed by atoms with Crippen molar-refractivity contribution in [3.63, 3.8) is 0 Å². The molecule has 0 aromatic heterocycles. The Labute approximate surface area is 216 Å². The Morgan fingerprint density at radius 3 is 1.48 bits per heavy atom. The SMILES string of the molecule is CC(I)C(=O)SC(C)(C)COCC(C)(C)SP(N(C(C)C)C(C)C)N(C(C)C)C(C)C. The lowest BCUT2D eigenvalue weighted by atomic mass is 10.2. The van der Waals surface area contributed by atoms with Crippen molar-refractivity contribution in [1.82, 2.24) is 9.34 Å². The number of rotatable bonds is 14. The number of halogens is 1.